The minimum Gasteiger partial charge on any atom is -0.317 e. The molecular weight excluding hydrogens is 189 g/mol. The predicted molar refractivity (Wildman–Crippen MR) is 48.5 cm³/mol. The van der Waals surface area contributed by atoms with E-state index in [-0.39, 0.29) is 5.44 Å². The monoisotopic (exact) mass is 200 g/mol. The molecule has 0 saturated heterocycles. The maximum Gasteiger partial charge on any atom is 0.419 e. The van der Waals surface area contributed by atoms with Crippen LogP contribution in [0.1, 0.15) is 0 Å². The molecule has 4 nitrogen and oxygen atoms in total. The zero-order valence-corrected chi connectivity index (χ0v) is 7.89. The fourth-order valence-corrected chi connectivity index (χ4v) is 1.79. The molecular formula is C8H11NO3P+. The van der Waals surface area contributed by atoms with E-state index in [0.717, 1.165) is 0 Å². The van der Waals surface area contributed by atoms with Crippen LogP contribution in [-0.4, -0.2) is 9.79 Å². The molecule has 70 valence electrons. The van der Waals surface area contributed by atoms with Crippen molar-refractivity contribution >= 4 is 13.0 Å². The van der Waals surface area contributed by atoms with Crippen molar-refractivity contribution in [2.75, 3.05) is 0 Å². The minimum atomic E-state index is -4.17. The van der Waals surface area contributed by atoms with E-state index in [1.165, 1.54) is 10.6 Å². The molecule has 1 aromatic rings. The normalized spacial score (nSPS) is 11.2. The Morgan fingerprint density at radius 1 is 1.54 bits per heavy atom. The van der Waals surface area contributed by atoms with Crippen molar-refractivity contribution in [1.29, 1.82) is 0 Å². The summed E-state index contributed by atoms with van der Waals surface area (Å²) in [5.74, 6) is 0. The van der Waals surface area contributed by atoms with Crippen molar-refractivity contribution in [2.45, 2.75) is 6.54 Å². The zero-order valence-electron chi connectivity index (χ0n) is 7.00. The smallest absolute Gasteiger partial charge is 0.317 e. The van der Waals surface area contributed by atoms with Crippen molar-refractivity contribution in [3.8, 4) is 0 Å². The molecule has 0 amide bonds. The minimum absolute atomic E-state index is 0.00917. The highest BCUT2D eigenvalue weighted by Crippen LogP contribution is 2.30. The molecule has 0 radical (unpaired) electrons. The first-order chi connectivity index (χ1) is 6.05. The van der Waals surface area contributed by atoms with Gasteiger partial charge in [0.1, 0.15) is 0 Å². The molecule has 2 N–H and O–H groups in total. The van der Waals surface area contributed by atoms with E-state index in [1.54, 1.807) is 24.4 Å². The van der Waals surface area contributed by atoms with Crippen LogP contribution in [-0.2, 0) is 11.1 Å². The zero-order chi connectivity index (χ0) is 9.90. The highest BCUT2D eigenvalue weighted by Gasteiger charge is 2.27. The molecule has 0 aliphatic carbocycles. The Kier molecular flexibility index (Phi) is 2.98. The summed E-state index contributed by atoms with van der Waals surface area (Å²) in [5, 5.41) is 0. The predicted octanol–water partition coefficient (Wildman–Crippen LogP) is -0.0369. The molecule has 0 atom stereocenters. The third kappa shape index (κ3) is 2.49. The van der Waals surface area contributed by atoms with Crippen molar-refractivity contribution in [2.24, 2.45) is 0 Å². The summed E-state index contributed by atoms with van der Waals surface area (Å²) in [6.45, 7) is 3.90. The second kappa shape index (κ2) is 3.83. The Morgan fingerprint density at radius 2 is 2.23 bits per heavy atom. The van der Waals surface area contributed by atoms with Crippen LogP contribution < -0.4 is 10.0 Å². The van der Waals surface area contributed by atoms with E-state index >= 15 is 0 Å². The van der Waals surface area contributed by atoms with Gasteiger partial charge < -0.3 is 9.79 Å². The number of aromatic nitrogens is 1. The molecule has 0 aliphatic heterocycles. The molecule has 5 heteroatoms. The SMILES string of the molecule is C=CC[n+]1ccccc1P(=O)(O)O. The number of rotatable bonds is 3. The van der Waals surface area contributed by atoms with Gasteiger partial charge in [-0.05, 0) is 12.1 Å². The van der Waals surface area contributed by atoms with E-state index in [9.17, 15) is 4.57 Å². The van der Waals surface area contributed by atoms with E-state index in [4.69, 9.17) is 9.79 Å². The Balaban J connectivity index is 3.19. The van der Waals surface area contributed by atoms with Gasteiger partial charge in [0.15, 0.2) is 12.7 Å². The van der Waals surface area contributed by atoms with Crippen LogP contribution in [0.15, 0.2) is 37.1 Å². The number of hydrogen-bond acceptors (Lipinski definition) is 1. The molecule has 0 spiro atoms. The fraction of sp³-hybridized carbons (Fsp3) is 0.125. The van der Waals surface area contributed by atoms with Gasteiger partial charge in [-0.3, -0.25) is 0 Å². The molecule has 1 heterocycles. The molecule has 0 fully saturated rings. The number of hydrogen-bond donors (Lipinski definition) is 2. The summed E-state index contributed by atoms with van der Waals surface area (Å²) in [6.07, 6.45) is 3.19. The van der Waals surface area contributed by atoms with E-state index in [0.29, 0.717) is 6.54 Å². The van der Waals surface area contributed by atoms with Gasteiger partial charge in [-0.15, -0.1) is 0 Å². The van der Waals surface area contributed by atoms with Crippen LogP contribution in [0.4, 0.5) is 0 Å². The largest absolute Gasteiger partial charge is 0.419 e. The van der Waals surface area contributed by atoms with Crippen molar-refractivity contribution < 1.29 is 18.9 Å². The van der Waals surface area contributed by atoms with E-state index < -0.39 is 7.60 Å². The van der Waals surface area contributed by atoms with Crippen LogP contribution in [0.3, 0.4) is 0 Å². The quantitative estimate of drug-likeness (QED) is 0.409. The van der Waals surface area contributed by atoms with Gasteiger partial charge in [0.25, 0.3) is 5.44 Å². The number of pyridine rings is 1. The van der Waals surface area contributed by atoms with Crippen molar-refractivity contribution in [1.82, 2.24) is 0 Å². The summed E-state index contributed by atoms with van der Waals surface area (Å²) >= 11 is 0. The lowest BCUT2D eigenvalue weighted by Crippen LogP contribution is -2.47. The van der Waals surface area contributed by atoms with Crippen LogP contribution in [0.2, 0.25) is 0 Å². The molecule has 0 bridgehead atoms. The average Bonchev–Trinajstić information content (AvgIpc) is 2.04. The summed E-state index contributed by atoms with van der Waals surface area (Å²) in [4.78, 5) is 17.9. The van der Waals surface area contributed by atoms with Crippen molar-refractivity contribution in [3.63, 3.8) is 0 Å². The first-order valence-corrected chi connectivity index (χ1v) is 5.32. The molecule has 0 unspecified atom stereocenters. The Hall–Kier alpha value is -0.960. The highest BCUT2D eigenvalue weighted by atomic mass is 31.2. The lowest BCUT2D eigenvalue weighted by Gasteiger charge is -2.02. The molecule has 1 rings (SSSR count). The van der Waals surface area contributed by atoms with E-state index in [2.05, 4.69) is 6.58 Å². The van der Waals surface area contributed by atoms with Gasteiger partial charge in [-0.25, -0.2) is 4.57 Å². The van der Waals surface area contributed by atoms with Crippen LogP contribution in [0, 0.1) is 0 Å². The summed E-state index contributed by atoms with van der Waals surface area (Å²) in [6, 6.07) is 4.71. The molecule has 1 aromatic heterocycles. The lowest BCUT2D eigenvalue weighted by atomic mass is 10.4. The fourth-order valence-electron chi connectivity index (χ4n) is 1.03. The second-order valence-electron chi connectivity index (χ2n) is 2.54. The molecule has 0 aliphatic rings. The Morgan fingerprint density at radius 3 is 2.77 bits per heavy atom. The van der Waals surface area contributed by atoms with E-state index in [1.807, 2.05) is 0 Å². The standard InChI is InChI=1S/C8H10NO3P/c1-2-6-9-7-4-3-5-8(9)13(10,11)12/h2-5,7H,1,6H2,(H-,10,11,12)/p+1. The van der Waals surface area contributed by atoms with Gasteiger partial charge in [0, 0.05) is 12.1 Å². The average molecular weight is 200 g/mol. The first kappa shape index (κ1) is 10.1. The Labute approximate surface area is 76.3 Å². The van der Waals surface area contributed by atoms with Gasteiger partial charge in [-0.1, -0.05) is 6.58 Å². The Bertz CT molecular complexity index is 358. The number of nitrogens with zero attached hydrogens (tertiary/aromatic N) is 1. The van der Waals surface area contributed by atoms with Gasteiger partial charge in [0.05, 0.1) is 0 Å². The van der Waals surface area contributed by atoms with Gasteiger partial charge in [0.2, 0.25) is 0 Å². The highest BCUT2D eigenvalue weighted by molar-refractivity contribution is 7.59. The van der Waals surface area contributed by atoms with Crippen LogP contribution >= 0.6 is 7.60 Å². The van der Waals surface area contributed by atoms with Gasteiger partial charge in [-0.2, -0.15) is 4.57 Å². The maximum absolute atomic E-state index is 11.0. The summed E-state index contributed by atoms with van der Waals surface area (Å²) in [7, 11) is -4.17. The van der Waals surface area contributed by atoms with Crippen LogP contribution in [0.25, 0.3) is 0 Å². The molecule has 0 aromatic carbocycles. The third-order valence-electron chi connectivity index (χ3n) is 1.54. The molecule has 13 heavy (non-hydrogen) atoms. The van der Waals surface area contributed by atoms with Crippen LogP contribution in [0.5, 0.6) is 0 Å². The maximum atomic E-state index is 11.0. The lowest BCUT2D eigenvalue weighted by molar-refractivity contribution is -0.670. The number of allylic oxidation sites excluding steroid dienone is 1. The third-order valence-corrected chi connectivity index (χ3v) is 2.54. The second-order valence-corrected chi connectivity index (χ2v) is 4.09. The first-order valence-electron chi connectivity index (χ1n) is 3.71. The topological polar surface area (TPSA) is 61.4 Å². The van der Waals surface area contributed by atoms with Gasteiger partial charge >= 0.3 is 7.60 Å². The summed E-state index contributed by atoms with van der Waals surface area (Å²) < 4.78 is 12.4. The molecule has 0 saturated carbocycles. The summed E-state index contributed by atoms with van der Waals surface area (Å²) in [5.41, 5.74) is 0.00917. The van der Waals surface area contributed by atoms with Crippen molar-refractivity contribution in [3.05, 3.63) is 37.1 Å².